The molecule has 0 fully saturated rings. The highest BCUT2D eigenvalue weighted by molar-refractivity contribution is 7.71. The number of anilines is 2. The number of fused-ring (bicyclic) bond motifs is 2. The van der Waals surface area contributed by atoms with Crippen molar-refractivity contribution < 1.29 is 15.2 Å². The van der Waals surface area contributed by atoms with Gasteiger partial charge in [0.05, 0.1) is 23.7 Å². The molecule has 1 unspecified atom stereocenters. The Morgan fingerprint density at radius 3 is 2.73 bits per heavy atom. The summed E-state index contributed by atoms with van der Waals surface area (Å²) in [6, 6.07) is 9.04. The van der Waals surface area contributed by atoms with Gasteiger partial charge in [0, 0.05) is 23.9 Å². The summed E-state index contributed by atoms with van der Waals surface area (Å²) < 4.78 is 7.84. The van der Waals surface area contributed by atoms with Crippen molar-refractivity contribution in [2.75, 3.05) is 33.1 Å². The molecule has 30 heavy (non-hydrogen) atoms. The Labute approximate surface area is 185 Å². The molecule has 1 aliphatic rings. The second-order valence-electron chi connectivity index (χ2n) is 7.28. The largest absolute Gasteiger partial charge is 0.595 e. The topological polar surface area (TPSA) is 90.0 Å². The second-order valence-corrected chi connectivity index (χ2v) is 7.64. The lowest BCUT2D eigenvalue weighted by Gasteiger charge is -2.26. The quantitative estimate of drug-likeness (QED) is 0.307. The van der Waals surface area contributed by atoms with Crippen molar-refractivity contribution in [1.29, 1.82) is 0 Å². The molecule has 0 spiro atoms. The number of hydrogen-bond donors (Lipinski definition) is 3. The minimum atomic E-state index is -0.987. The molecular formula is C20H24ClN5O3S. The number of hydrogen-bond acceptors (Lipinski definition) is 7. The number of benzene rings is 2. The lowest BCUT2D eigenvalue weighted by Crippen LogP contribution is -2.99. The number of aryl methyl sites for hydroxylation is 1. The van der Waals surface area contributed by atoms with E-state index in [0.717, 1.165) is 35.1 Å². The fourth-order valence-electron chi connectivity index (χ4n) is 3.73. The molecule has 1 aliphatic heterocycles. The van der Waals surface area contributed by atoms with E-state index in [2.05, 4.69) is 10.2 Å². The Kier molecular flexibility index (Phi) is 6.61. The van der Waals surface area contributed by atoms with Crippen LogP contribution in [0.1, 0.15) is 6.42 Å². The van der Waals surface area contributed by atoms with E-state index in [1.165, 1.54) is 0 Å². The van der Waals surface area contributed by atoms with Gasteiger partial charge in [-0.15, -0.1) is 12.4 Å². The first-order valence-corrected chi connectivity index (χ1v) is 9.72. The summed E-state index contributed by atoms with van der Waals surface area (Å²) in [5, 5.41) is 24.6. The van der Waals surface area contributed by atoms with Crippen LogP contribution in [-0.2, 0) is 6.54 Å². The number of methoxy groups -OCH3 is 1. The van der Waals surface area contributed by atoms with Crippen LogP contribution in [0.3, 0.4) is 0 Å². The van der Waals surface area contributed by atoms with Gasteiger partial charge in [-0.2, -0.15) is 5.23 Å². The van der Waals surface area contributed by atoms with Crippen LogP contribution < -0.4 is 15.3 Å². The molecular weight excluding hydrogens is 426 g/mol. The summed E-state index contributed by atoms with van der Waals surface area (Å²) in [5.41, 5.74) is 3.93. The van der Waals surface area contributed by atoms with Crippen LogP contribution in [-0.4, -0.2) is 47.4 Å². The average molecular weight is 450 g/mol. The van der Waals surface area contributed by atoms with Gasteiger partial charge in [0.1, 0.15) is 11.4 Å². The van der Waals surface area contributed by atoms with Gasteiger partial charge in [0.2, 0.25) is 4.77 Å². The Hall–Kier alpha value is -2.27. The normalized spacial score (nSPS) is 12.9. The number of aromatic nitrogens is 2. The molecule has 3 N–H and O–H groups in total. The van der Waals surface area contributed by atoms with Crippen LogP contribution in [0.15, 0.2) is 30.3 Å². The fraction of sp³-hybridized carbons (Fsp3) is 0.300. The maximum atomic E-state index is 11.9. The summed E-state index contributed by atoms with van der Waals surface area (Å²) in [5.74, 6) is 0.701. The average Bonchev–Trinajstić information content (AvgIpc) is 2.69. The third-order valence-electron chi connectivity index (χ3n) is 5.11. The first-order valence-electron chi connectivity index (χ1n) is 9.31. The van der Waals surface area contributed by atoms with Gasteiger partial charge in [0.15, 0.2) is 5.69 Å². The number of rotatable bonds is 6. The molecule has 1 atom stereocenters. The minimum Gasteiger partial charge on any atom is -0.595 e. The second kappa shape index (κ2) is 8.84. The van der Waals surface area contributed by atoms with Crippen molar-refractivity contribution in [2.45, 2.75) is 13.0 Å². The molecule has 160 valence electrons. The summed E-state index contributed by atoms with van der Waals surface area (Å²) >= 11 is 5.62. The zero-order valence-corrected chi connectivity index (χ0v) is 18.6. The van der Waals surface area contributed by atoms with Gasteiger partial charge in [-0.3, -0.25) is 0 Å². The Bertz CT molecular complexity index is 1150. The van der Waals surface area contributed by atoms with E-state index in [0.29, 0.717) is 28.4 Å². The van der Waals surface area contributed by atoms with Crippen molar-refractivity contribution in [3.63, 3.8) is 0 Å². The van der Waals surface area contributed by atoms with Crippen LogP contribution >= 0.6 is 24.6 Å². The highest BCUT2D eigenvalue weighted by Gasteiger charge is 2.26. The molecule has 4 rings (SSSR count). The van der Waals surface area contributed by atoms with Crippen molar-refractivity contribution >= 4 is 52.6 Å². The molecule has 0 amide bonds. The monoisotopic (exact) mass is 449 g/mol. The number of nitrogens with one attached hydrogen (secondary N) is 2. The lowest BCUT2D eigenvalue weighted by atomic mass is 9.97. The van der Waals surface area contributed by atoms with Gasteiger partial charge in [-0.1, -0.05) is 0 Å². The van der Waals surface area contributed by atoms with Gasteiger partial charge >= 0.3 is 0 Å². The maximum Gasteiger partial charge on any atom is 0.200 e. The highest BCUT2D eigenvalue weighted by atomic mass is 35.5. The van der Waals surface area contributed by atoms with E-state index in [1.807, 2.05) is 42.9 Å². The number of ether oxygens (including phenoxy) is 1. The molecule has 0 bridgehead atoms. The third kappa shape index (κ3) is 3.87. The van der Waals surface area contributed by atoms with Crippen LogP contribution in [0, 0.1) is 9.98 Å². The van der Waals surface area contributed by atoms with Crippen molar-refractivity contribution in [2.24, 2.45) is 0 Å². The Balaban J connectivity index is 0.00000256. The Morgan fingerprint density at radius 2 is 2.07 bits per heavy atom. The number of halogens is 1. The zero-order valence-electron chi connectivity index (χ0n) is 16.9. The molecule has 10 heteroatoms. The Morgan fingerprint density at radius 1 is 1.30 bits per heavy atom. The molecule has 0 radical (unpaired) electrons. The summed E-state index contributed by atoms with van der Waals surface area (Å²) in [6.07, 6.45) is 0.908. The van der Waals surface area contributed by atoms with E-state index < -0.39 is 5.23 Å². The SMILES string of the molecule is COc1ccc2c(c1)-c1nc(=S)n(CCCN(C)C)c3ccc([NH+]([O-])O)c(c13)N2.Cl. The molecule has 2 heterocycles. The zero-order chi connectivity index (χ0) is 20.7. The first kappa shape index (κ1) is 22.4. The van der Waals surface area contributed by atoms with Gasteiger partial charge < -0.3 is 24.7 Å². The van der Waals surface area contributed by atoms with Crippen molar-refractivity contribution in [1.82, 2.24) is 14.5 Å². The highest BCUT2D eigenvalue weighted by Crippen LogP contribution is 2.46. The maximum absolute atomic E-state index is 11.9. The van der Waals surface area contributed by atoms with E-state index >= 15 is 0 Å². The van der Waals surface area contributed by atoms with E-state index in [4.69, 9.17) is 21.9 Å². The predicted octanol–water partition coefficient (Wildman–Crippen LogP) is 3.28. The molecule has 2 aromatic carbocycles. The van der Waals surface area contributed by atoms with Crippen molar-refractivity contribution in [3.8, 4) is 17.0 Å². The fourth-order valence-corrected chi connectivity index (χ4v) is 4.01. The molecule has 8 nitrogen and oxygen atoms in total. The number of nitrogens with zero attached hydrogens (tertiary/aromatic N) is 3. The van der Waals surface area contributed by atoms with E-state index in [-0.39, 0.29) is 18.1 Å². The van der Waals surface area contributed by atoms with Gasteiger partial charge in [-0.25, -0.2) is 10.2 Å². The van der Waals surface area contributed by atoms with E-state index in [1.54, 1.807) is 13.2 Å². The molecule has 0 saturated carbocycles. The molecule has 1 aromatic heterocycles. The van der Waals surface area contributed by atoms with Crippen LogP contribution in [0.5, 0.6) is 5.75 Å². The minimum absolute atomic E-state index is 0. The molecule has 3 aromatic rings. The summed E-state index contributed by atoms with van der Waals surface area (Å²) in [6.45, 7) is 1.63. The smallest absolute Gasteiger partial charge is 0.200 e. The van der Waals surface area contributed by atoms with Gasteiger partial charge in [-0.05, 0) is 63.5 Å². The van der Waals surface area contributed by atoms with Crippen molar-refractivity contribution in [3.05, 3.63) is 40.3 Å². The summed E-state index contributed by atoms with van der Waals surface area (Å²) in [7, 11) is 5.67. The van der Waals surface area contributed by atoms with Crippen LogP contribution in [0.25, 0.3) is 22.2 Å². The predicted molar refractivity (Wildman–Crippen MR) is 122 cm³/mol. The van der Waals surface area contributed by atoms with Crippen LogP contribution in [0.2, 0.25) is 0 Å². The lowest BCUT2D eigenvalue weighted by molar-refractivity contribution is -0.990. The van der Waals surface area contributed by atoms with Gasteiger partial charge in [0.25, 0.3) is 0 Å². The standard InChI is InChI=1S/C20H23N5O3S.ClH/c1-23(2)9-4-10-24-15-7-8-16(25(26)27)19-17(15)18(22-20(24)29)13-11-12(28-3)5-6-14(13)21-19;/h5-8,11,21,25-26H,4,9-10H2,1-3H3;1H. The number of quaternary nitrogens is 1. The van der Waals surface area contributed by atoms with E-state index in [9.17, 15) is 10.4 Å². The molecule has 0 aliphatic carbocycles. The third-order valence-corrected chi connectivity index (χ3v) is 5.42. The summed E-state index contributed by atoms with van der Waals surface area (Å²) in [4.78, 5) is 6.84. The van der Waals surface area contributed by atoms with Crippen LogP contribution in [0.4, 0.5) is 17.1 Å². The first-order chi connectivity index (χ1) is 13.9. The molecule has 0 saturated heterocycles.